The Hall–Kier alpha value is -1.92. The Labute approximate surface area is 148 Å². The van der Waals surface area contributed by atoms with Crippen LogP contribution in [0.5, 0.6) is 0 Å². The number of hydrogen-bond donors (Lipinski definition) is 0. The smallest absolute Gasteiger partial charge is 0.253 e. The summed E-state index contributed by atoms with van der Waals surface area (Å²) in [5, 5.41) is 5.81. The molecule has 1 aliphatic carbocycles. The van der Waals surface area contributed by atoms with Crippen molar-refractivity contribution in [1.82, 2.24) is 19.6 Å². The van der Waals surface area contributed by atoms with Gasteiger partial charge in [-0.3, -0.25) is 4.79 Å². The second kappa shape index (κ2) is 6.18. The molecule has 122 valence electrons. The van der Waals surface area contributed by atoms with E-state index >= 15 is 0 Å². The lowest BCUT2D eigenvalue weighted by atomic mass is 9.88. The third-order valence-electron chi connectivity index (χ3n) is 4.05. The van der Waals surface area contributed by atoms with Crippen molar-refractivity contribution in [3.63, 3.8) is 0 Å². The zero-order valence-corrected chi connectivity index (χ0v) is 14.6. The Morgan fingerprint density at radius 3 is 2.83 bits per heavy atom. The van der Waals surface area contributed by atoms with Gasteiger partial charge in [0.2, 0.25) is 5.16 Å². The molecule has 0 radical (unpaired) electrons. The molecule has 24 heavy (non-hydrogen) atoms. The topological polar surface area (TPSA) is 60.2 Å². The fraction of sp³-hybridized carbons (Fsp3) is 0.294. The van der Waals surface area contributed by atoms with Crippen molar-refractivity contribution in [2.45, 2.75) is 30.7 Å². The van der Waals surface area contributed by atoms with Crippen LogP contribution in [0.25, 0.3) is 5.78 Å². The maximum Gasteiger partial charge on any atom is 0.253 e. The number of halogens is 1. The lowest BCUT2D eigenvalue weighted by Gasteiger charge is -2.18. The maximum absolute atomic E-state index is 12.2. The molecule has 4 rings (SSSR count). The highest BCUT2D eigenvalue weighted by atomic mass is 35.5. The van der Waals surface area contributed by atoms with Gasteiger partial charge in [0.05, 0.1) is 11.3 Å². The molecule has 3 aromatic rings. The predicted octanol–water partition coefficient (Wildman–Crippen LogP) is 3.84. The summed E-state index contributed by atoms with van der Waals surface area (Å²) in [5.41, 5.74) is 2.67. The molecule has 0 amide bonds. The van der Waals surface area contributed by atoms with Crippen LogP contribution >= 0.6 is 23.4 Å². The van der Waals surface area contributed by atoms with Gasteiger partial charge in [-0.2, -0.15) is 4.98 Å². The second-order valence-electron chi connectivity index (χ2n) is 6.09. The summed E-state index contributed by atoms with van der Waals surface area (Å²) in [4.78, 5) is 21.2. The molecule has 2 aromatic heterocycles. The van der Waals surface area contributed by atoms with Crippen LogP contribution in [-0.4, -0.2) is 25.4 Å². The third kappa shape index (κ3) is 3.03. The minimum atomic E-state index is 0.143. The van der Waals surface area contributed by atoms with Gasteiger partial charge in [-0.25, -0.2) is 9.50 Å². The summed E-state index contributed by atoms with van der Waals surface area (Å²) in [6.45, 7) is 2.07. The minimum Gasteiger partial charge on any atom is -0.294 e. The van der Waals surface area contributed by atoms with Crippen LogP contribution in [-0.2, 0) is 12.2 Å². The summed E-state index contributed by atoms with van der Waals surface area (Å²) in [6.07, 6.45) is 3.16. The summed E-state index contributed by atoms with van der Waals surface area (Å²) in [7, 11) is 0. The van der Waals surface area contributed by atoms with Crippen molar-refractivity contribution >= 4 is 34.9 Å². The number of carbonyl (C=O) groups is 1. The fourth-order valence-corrected chi connectivity index (χ4v) is 3.75. The van der Waals surface area contributed by atoms with Gasteiger partial charge in [-0.1, -0.05) is 42.4 Å². The van der Waals surface area contributed by atoms with Crippen LogP contribution in [0.4, 0.5) is 0 Å². The number of fused-ring (bicyclic) bond motifs is 2. The predicted molar refractivity (Wildman–Crippen MR) is 93.6 cm³/mol. The van der Waals surface area contributed by atoms with Crippen LogP contribution in [0.15, 0.2) is 35.6 Å². The molecule has 2 heterocycles. The van der Waals surface area contributed by atoms with Gasteiger partial charge in [-0.05, 0) is 30.0 Å². The molecular formula is C17H15ClN4OS. The highest BCUT2D eigenvalue weighted by Crippen LogP contribution is 2.25. The van der Waals surface area contributed by atoms with Crippen molar-refractivity contribution < 1.29 is 4.79 Å². The molecule has 0 bridgehead atoms. The number of thioether (sulfide) groups is 1. The monoisotopic (exact) mass is 358 g/mol. The minimum absolute atomic E-state index is 0.143. The molecule has 7 heteroatoms. The highest BCUT2D eigenvalue weighted by Gasteiger charge is 2.25. The van der Waals surface area contributed by atoms with Crippen molar-refractivity contribution in [2.24, 2.45) is 5.92 Å². The lowest BCUT2D eigenvalue weighted by Crippen LogP contribution is -2.20. The van der Waals surface area contributed by atoms with Gasteiger partial charge in [0.15, 0.2) is 5.78 Å². The molecule has 1 atom stereocenters. The second-order valence-corrected chi connectivity index (χ2v) is 7.47. The zero-order valence-electron chi connectivity index (χ0n) is 13.1. The van der Waals surface area contributed by atoms with E-state index in [0.717, 1.165) is 28.5 Å². The molecule has 1 aliphatic rings. The first-order valence-electron chi connectivity index (χ1n) is 7.75. The van der Waals surface area contributed by atoms with Crippen LogP contribution in [0.3, 0.4) is 0 Å². The van der Waals surface area contributed by atoms with E-state index in [0.29, 0.717) is 28.8 Å². The first-order valence-corrected chi connectivity index (χ1v) is 9.11. The van der Waals surface area contributed by atoms with E-state index in [4.69, 9.17) is 11.6 Å². The SMILES string of the molecule is C[C@@H]1CC(=O)c2cn3nc(SCc4ccc(Cl)cc4)nc3nc2C1. The van der Waals surface area contributed by atoms with Gasteiger partial charge in [0.1, 0.15) is 0 Å². The van der Waals surface area contributed by atoms with E-state index in [1.165, 1.54) is 11.8 Å². The van der Waals surface area contributed by atoms with Crippen molar-refractivity contribution in [2.75, 3.05) is 0 Å². The van der Waals surface area contributed by atoms with Gasteiger partial charge in [-0.15, -0.1) is 5.10 Å². The molecule has 0 saturated heterocycles. The lowest BCUT2D eigenvalue weighted by molar-refractivity contribution is 0.0951. The number of carbonyl (C=O) groups excluding carboxylic acids is 1. The number of ketones is 1. The summed E-state index contributed by atoms with van der Waals surface area (Å²) in [5.74, 6) is 1.78. The Kier molecular flexibility index (Phi) is 4.02. The van der Waals surface area contributed by atoms with E-state index in [2.05, 4.69) is 22.0 Å². The maximum atomic E-state index is 12.2. The first-order chi connectivity index (χ1) is 11.6. The molecule has 0 unspecified atom stereocenters. The normalized spacial score (nSPS) is 17.2. The molecule has 0 aliphatic heterocycles. The quantitative estimate of drug-likeness (QED) is 0.666. The van der Waals surface area contributed by atoms with Crippen LogP contribution in [0.1, 0.15) is 35.0 Å². The average molecular weight is 359 g/mol. The number of hydrogen-bond acceptors (Lipinski definition) is 5. The van der Waals surface area contributed by atoms with Gasteiger partial charge in [0, 0.05) is 23.4 Å². The average Bonchev–Trinajstić information content (AvgIpc) is 2.94. The summed E-state index contributed by atoms with van der Waals surface area (Å²) in [6, 6.07) is 7.72. The van der Waals surface area contributed by atoms with Crippen LogP contribution in [0.2, 0.25) is 5.02 Å². The van der Waals surface area contributed by atoms with Crippen LogP contribution in [0, 0.1) is 5.92 Å². The van der Waals surface area contributed by atoms with E-state index in [-0.39, 0.29) is 5.78 Å². The zero-order chi connectivity index (χ0) is 16.7. The van der Waals surface area contributed by atoms with Crippen LogP contribution < -0.4 is 0 Å². The molecule has 1 aromatic carbocycles. The number of rotatable bonds is 3. The Morgan fingerprint density at radius 2 is 2.04 bits per heavy atom. The van der Waals surface area contributed by atoms with Gasteiger partial charge < -0.3 is 0 Å². The Balaban J connectivity index is 1.59. The van der Waals surface area contributed by atoms with E-state index in [1.54, 1.807) is 10.7 Å². The number of nitrogens with zero attached hydrogens (tertiary/aromatic N) is 4. The summed E-state index contributed by atoms with van der Waals surface area (Å²) < 4.78 is 1.61. The Morgan fingerprint density at radius 1 is 1.25 bits per heavy atom. The highest BCUT2D eigenvalue weighted by molar-refractivity contribution is 7.98. The van der Waals surface area contributed by atoms with Gasteiger partial charge in [0.25, 0.3) is 5.78 Å². The largest absolute Gasteiger partial charge is 0.294 e. The molecule has 0 fully saturated rings. The number of aromatic nitrogens is 4. The van der Waals surface area contributed by atoms with Crippen molar-refractivity contribution in [3.8, 4) is 0 Å². The van der Waals surface area contributed by atoms with E-state index in [1.807, 2.05) is 24.3 Å². The molecule has 0 saturated carbocycles. The van der Waals surface area contributed by atoms with E-state index in [9.17, 15) is 4.79 Å². The standard InChI is InChI=1S/C17H15ClN4OS/c1-10-6-14-13(15(23)7-10)8-22-16(19-14)20-17(21-22)24-9-11-2-4-12(18)5-3-11/h2-5,8,10H,6-7,9H2,1H3/t10-/m0/s1. The fourth-order valence-electron chi connectivity index (χ4n) is 2.84. The van der Waals surface area contributed by atoms with Crippen molar-refractivity contribution in [3.05, 3.63) is 52.3 Å². The number of Topliss-reactive ketones (excluding diaryl/α,β-unsaturated/α-hetero) is 1. The van der Waals surface area contributed by atoms with E-state index < -0.39 is 0 Å². The molecule has 0 spiro atoms. The third-order valence-corrected chi connectivity index (χ3v) is 5.21. The summed E-state index contributed by atoms with van der Waals surface area (Å²) >= 11 is 7.43. The van der Waals surface area contributed by atoms with Crippen molar-refractivity contribution in [1.29, 1.82) is 0 Å². The number of benzene rings is 1. The Bertz CT molecular complexity index is 922. The first kappa shape index (κ1) is 15.6. The van der Waals surface area contributed by atoms with Gasteiger partial charge >= 0.3 is 0 Å². The molecule has 0 N–H and O–H groups in total. The molecular weight excluding hydrogens is 344 g/mol. The molecule has 5 nitrogen and oxygen atoms in total.